The minimum Gasteiger partial charge on any atom is -0.496 e. The monoisotopic (exact) mass is 1720 g/mol. The van der Waals surface area contributed by atoms with Gasteiger partial charge in [0.15, 0.2) is 30.1 Å². The van der Waals surface area contributed by atoms with Crippen molar-refractivity contribution in [3.05, 3.63) is 334 Å². The summed E-state index contributed by atoms with van der Waals surface area (Å²) in [6.07, 6.45) is 13.9. The number of amides is 3. The number of hydrogen-bond acceptors (Lipinski definition) is 18. The number of aromatic amines is 1. The van der Waals surface area contributed by atoms with Crippen LogP contribution in [0.2, 0.25) is 25.7 Å². The number of carbonyl (C=O) groups excluding carboxylic acids is 3. The minimum absolute atomic E-state index is 0. The van der Waals surface area contributed by atoms with Crippen LogP contribution in [-0.4, -0.2) is 124 Å². The van der Waals surface area contributed by atoms with Gasteiger partial charge in [0.2, 0.25) is 0 Å². The van der Waals surface area contributed by atoms with E-state index in [4.69, 9.17) is 35.1 Å². The van der Waals surface area contributed by atoms with Crippen LogP contribution < -0.4 is 31.3 Å². The number of aromatic nitrogens is 8. The maximum Gasteiger partial charge on any atom is 0.337 e. The van der Waals surface area contributed by atoms with E-state index in [0.29, 0.717) is 44.5 Å². The number of H-pyrrole nitrogens is 1. The molecule has 28 heteroatoms. The van der Waals surface area contributed by atoms with Gasteiger partial charge in [-0.1, -0.05) is 177 Å². The van der Waals surface area contributed by atoms with Crippen LogP contribution in [0.25, 0.3) is 66.6 Å². The van der Waals surface area contributed by atoms with Crippen LogP contribution in [0.1, 0.15) is 81.0 Å². The number of nitrogens with two attached hydrogens (primary N) is 1. The molecule has 0 aliphatic carbocycles. The third kappa shape index (κ3) is 22.6. The molecule has 0 saturated carbocycles. The number of hydrogen-bond donors (Lipinski definition) is 10. The van der Waals surface area contributed by atoms with Gasteiger partial charge in [0.05, 0.1) is 26.3 Å². The highest BCUT2D eigenvalue weighted by Gasteiger charge is 2.27. The Kier molecular flexibility index (Phi) is 30.7. The lowest BCUT2D eigenvalue weighted by atomic mass is 9.97. The molecule has 594 valence electrons. The van der Waals surface area contributed by atoms with Crippen LogP contribution in [0, 0.1) is 0 Å². The Bertz CT molecular complexity index is 5540. The molecule has 0 saturated heterocycles. The number of pyridine rings is 6. The maximum absolute atomic E-state index is 13.5. The van der Waals surface area contributed by atoms with Crippen LogP contribution in [0.5, 0.6) is 11.5 Å². The average Bonchev–Trinajstić information content (AvgIpc) is 1.61. The van der Waals surface area contributed by atoms with Crippen LogP contribution in [0.15, 0.2) is 290 Å². The predicted molar refractivity (Wildman–Crippen MR) is 458 cm³/mol. The van der Waals surface area contributed by atoms with Gasteiger partial charge in [-0.3, -0.25) is 39.7 Å². The van der Waals surface area contributed by atoms with Crippen LogP contribution in [-0.2, 0) is 23.9 Å². The molecule has 0 bridgehead atoms. The van der Waals surface area contributed by atoms with Crippen LogP contribution in [0.4, 0.5) is 0 Å². The van der Waals surface area contributed by atoms with E-state index in [9.17, 15) is 34.5 Å². The molecule has 14 aromatic rings. The number of halogens is 3. The first-order valence-electron chi connectivity index (χ1n) is 36.3. The lowest BCUT2D eigenvalue weighted by Crippen LogP contribution is -2.33. The molecule has 8 heterocycles. The summed E-state index contributed by atoms with van der Waals surface area (Å²) < 4.78 is 20.4. The third-order valence-electron chi connectivity index (χ3n) is 18.3. The molecule has 3 amide bonds. The van der Waals surface area contributed by atoms with Gasteiger partial charge < -0.3 is 61.1 Å². The number of ether oxygens (including phenoxy) is 3. The van der Waals surface area contributed by atoms with E-state index in [-0.39, 0.29) is 24.0 Å². The van der Waals surface area contributed by atoms with Gasteiger partial charge in [0, 0.05) is 176 Å². The van der Waals surface area contributed by atoms with Gasteiger partial charge in [0.25, 0.3) is 17.7 Å². The summed E-state index contributed by atoms with van der Waals surface area (Å²) in [5, 5.41) is 56.9. The van der Waals surface area contributed by atoms with E-state index in [0.717, 1.165) is 101 Å². The molecule has 0 radical (unpaired) electrons. The topological polar surface area (TPSA) is 357 Å². The smallest absolute Gasteiger partial charge is 0.337 e. The number of nitrogens with zero attached hydrogens (tertiary/aromatic N) is 7. The molecule has 4 unspecified atom stereocenters. The van der Waals surface area contributed by atoms with E-state index >= 15 is 0 Å². The van der Waals surface area contributed by atoms with Gasteiger partial charge in [-0.15, -0.1) is 12.4 Å². The summed E-state index contributed by atoms with van der Waals surface area (Å²) in [6.45, 7) is 8.03. The Morgan fingerprint density at radius 3 is 1.31 bits per heavy atom. The maximum atomic E-state index is 13.5. The van der Waals surface area contributed by atoms with Crippen LogP contribution >= 0.6 is 44.3 Å². The van der Waals surface area contributed by atoms with Crippen molar-refractivity contribution in [2.24, 2.45) is 5.73 Å². The fraction of sp³-hybridized carbons (Fsp3) is 0.159. The fourth-order valence-corrected chi connectivity index (χ4v) is 13.8. The zero-order valence-corrected chi connectivity index (χ0v) is 68.6. The second-order valence-electron chi connectivity index (χ2n) is 27.5. The number of primary amides is 1. The summed E-state index contributed by atoms with van der Waals surface area (Å²) in [5.74, 6) is -1.60. The summed E-state index contributed by atoms with van der Waals surface area (Å²) in [6, 6.07) is 65.4. The van der Waals surface area contributed by atoms with Crippen molar-refractivity contribution in [2.45, 2.75) is 62.2 Å². The van der Waals surface area contributed by atoms with E-state index < -0.39 is 62.2 Å². The summed E-state index contributed by atoms with van der Waals surface area (Å²) in [7, 11) is 2.10. The van der Waals surface area contributed by atoms with Gasteiger partial charge in [-0.25, -0.2) is 19.4 Å². The number of aliphatic hydroxyl groups excluding tert-OH is 4. The second-order valence-corrected chi connectivity index (χ2v) is 35.0. The molecule has 116 heavy (non-hydrogen) atoms. The number of carboxylic acid groups (broad SMARTS) is 1. The van der Waals surface area contributed by atoms with Gasteiger partial charge in [0.1, 0.15) is 23.9 Å². The molecular formula is C88H85Br2ClN12O12Si. The molecule has 4 atom stereocenters. The molecule has 24 nitrogen and oxygen atoms in total. The van der Waals surface area contributed by atoms with Crippen molar-refractivity contribution in [1.29, 1.82) is 0 Å². The largest absolute Gasteiger partial charge is 0.496 e. The minimum atomic E-state index is -1.50. The zero-order chi connectivity index (χ0) is 81.5. The first-order valence-corrected chi connectivity index (χ1v) is 41.6. The normalized spacial score (nSPS) is 12.0. The van der Waals surface area contributed by atoms with Gasteiger partial charge in [-0.2, -0.15) is 0 Å². The number of carboxylic acids is 1. The number of aliphatic carboxylic acids is 1. The van der Waals surface area contributed by atoms with Gasteiger partial charge in [-0.05, 0) is 109 Å². The highest BCUT2D eigenvalue weighted by atomic mass is 79.9. The van der Waals surface area contributed by atoms with Crippen molar-refractivity contribution in [2.75, 3.05) is 33.0 Å². The van der Waals surface area contributed by atoms with Crippen molar-refractivity contribution >= 4 is 98.1 Å². The number of rotatable bonds is 26. The molecule has 0 spiro atoms. The first-order chi connectivity index (χ1) is 55.6. The average molecular weight is 1730 g/mol. The second kappa shape index (κ2) is 41.2. The molecule has 11 N–H and O–H groups in total. The zero-order valence-electron chi connectivity index (χ0n) is 63.6. The molecule has 0 fully saturated rings. The number of aliphatic hydroxyl groups is 4. The third-order valence-corrected chi connectivity index (χ3v) is 20.9. The number of fused-ring (bicyclic) bond motifs is 2. The highest BCUT2D eigenvalue weighted by Crippen LogP contribution is 2.39. The van der Waals surface area contributed by atoms with E-state index in [1.165, 1.54) is 37.1 Å². The molecule has 14 rings (SSSR count). The number of benzene rings is 6. The number of carbonyl (C=O) groups is 4. The lowest BCUT2D eigenvalue weighted by molar-refractivity contribution is -0.147. The summed E-state index contributed by atoms with van der Waals surface area (Å²) in [5.41, 5.74) is 21.9. The fourth-order valence-electron chi connectivity index (χ4n) is 12.3. The molecule has 6 aromatic carbocycles. The lowest BCUT2D eigenvalue weighted by Gasteiger charge is -2.22. The first kappa shape index (κ1) is 86.3. The van der Waals surface area contributed by atoms with E-state index in [1.54, 1.807) is 63.4 Å². The van der Waals surface area contributed by atoms with E-state index in [2.05, 4.69) is 97.5 Å². The van der Waals surface area contributed by atoms with Crippen molar-refractivity contribution in [1.82, 2.24) is 50.2 Å². The van der Waals surface area contributed by atoms with Crippen molar-refractivity contribution in [3.8, 4) is 56.0 Å². The van der Waals surface area contributed by atoms with Crippen molar-refractivity contribution < 1.29 is 58.9 Å². The number of para-hydroxylation sites is 2. The summed E-state index contributed by atoms with van der Waals surface area (Å²) in [4.78, 5) is 76.5. The number of methoxy groups -OCH3 is 2. The molecule has 0 aliphatic rings. The Morgan fingerprint density at radius 2 is 0.871 bits per heavy atom. The van der Waals surface area contributed by atoms with Crippen molar-refractivity contribution in [3.63, 3.8) is 0 Å². The quantitative estimate of drug-likeness (QED) is 0.0137. The van der Waals surface area contributed by atoms with E-state index in [1.807, 2.05) is 199 Å². The Hall–Kier alpha value is -12.2. The molecular weight excluding hydrogens is 1640 g/mol. The highest BCUT2D eigenvalue weighted by molar-refractivity contribution is 9.10. The van der Waals surface area contributed by atoms with Crippen LogP contribution in [0.3, 0.4) is 0 Å². The Morgan fingerprint density at radius 1 is 0.474 bits per heavy atom. The predicted octanol–water partition coefficient (Wildman–Crippen LogP) is 15.6. The molecule has 8 aromatic heterocycles. The summed E-state index contributed by atoms with van der Waals surface area (Å²) >= 11 is 6.41. The molecule has 0 aliphatic heterocycles. The Labute approximate surface area is 693 Å². The number of nitrogens with one attached hydrogen (secondary N) is 4. The standard InChI is InChI=1S/C40H43N5O4Si.C21H18N4O3.C20H17BrN2O2.C7H6BrNO3.ClH/c1-48-36-18-12-11-17-33(36)35-26-45(43-27-49-19-20-50(2,3)4)39-34(35)22-31(25-42-39)30-21-32(24-41-23-30)38(46)40(47)44-37(28-13-7-5-8-14-28)29-15-9-6-10-16-29;1-28-18-5-3-2-4-15(18)17-11-25-21-16(17)7-13(10-24-21)12-6-14(9-23-8-12)19(26)20(22)27;21-17-11-16(12-22-13-17)19(24)20(25)23-18(14-7-3-1-4-8-14)15-9-5-2-6-10-15;8-5-1-4(2-9-3-5)6(10)7(11)12;/h5-18,21-26,37-38,43,46H,19-20,27H2,1-4H3,(H,44,47);2-11,19,26H,1H3,(H2,22,27)(H,24,25);1-13,18-19,24H,(H,23,25);1-3,6,10H,(H,11,12);1H. The van der Waals surface area contributed by atoms with Gasteiger partial charge >= 0.3 is 5.97 Å². The Balaban J connectivity index is 0.000000182. The SMILES string of the molecule is COc1ccccc1-c1c[nH]c2ncc(-c3cncc(C(O)C(N)=O)c3)cc12.COc1ccccc1-c1cn(NCOCC[Si](C)(C)C)c2ncc(-c3cncc(C(O)C(=O)NC(c4ccccc4)c4ccccc4)c3)cc12.Cl.O=C(NC(c1ccccc1)c1ccccc1)C(O)c1cncc(Br)c1.O=C(O)C(O)c1cncc(Br)c1.